The van der Waals surface area contributed by atoms with Crippen molar-refractivity contribution in [2.75, 3.05) is 0 Å². The summed E-state index contributed by atoms with van der Waals surface area (Å²) in [6.07, 6.45) is 6.84. The van der Waals surface area contributed by atoms with Crippen molar-refractivity contribution in [2.45, 2.75) is 25.3 Å². The highest BCUT2D eigenvalue weighted by atomic mass is 16.5. The summed E-state index contributed by atoms with van der Waals surface area (Å²) in [6, 6.07) is 0.190. The summed E-state index contributed by atoms with van der Waals surface area (Å²) < 4.78 is 4.63. The van der Waals surface area contributed by atoms with Crippen molar-refractivity contribution >= 4 is 6.21 Å². The van der Waals surface area contributed by atoms with E-state index in [1.54, 1.807) is 6.26 Å². The molecule has 0 spiro atoms. The normalized spacial score (nSPS) is 23.8. The molecule has 0 saturated carbocycles. The summed E-state index contributed by atoms with van der Waals surface area (Å²) in [5.41, 5.74) is 0.848. The van der Waals surface area contributed by atoms with Crippen molar-refractivity contribution in [3.05, 3.63) is 12.0 Å². The van der Waals surface area contributed by atoms with Gasteiger partial charge in [0.05, 0.1) is 6.04 Å². The summed E-state index contributed by atoms with van der Waals surface area (Å²) in [7, 11) is 0. The fourth-order valence-electron chi connectivity index (χ4n) is 1.22. The molecule has 1 aromatic heterocycles. The molecule has 0 radical (unpaired) electrons. The molecule has 58 valence electrons. The van der Waals surface area contributed by atoms with E-state index in [-0.39, 0.29) is 6.04 Å². The summed E-state index contributed by atoms with van der Waals surface area (Å²) in [6.45, 7) is 0. The van der Waals surface area contributed by atoms with Crippen molar-refractivity contribution in [1.29, 1.82) is 0 Å². The summed E-state index contributed by atoms with van der Waals surface area (Å²) in [4.78, 5) is 4.28. The number of aromatic nitrogens is 2. The van der Waals surface area contributed by atoms with Crippen LogP contribution in [0.3, 0.4) is 0 Å². The van der Waals surface area contributed by atoms with Crippen molar-refractivity contribution in [3.63, 3.8) is 0 Å². The molecular formula is C7H9N3O. The third-order valence-corrected chi connectivity index (χ3v) is 1.81. The lowest BCUT2D eigenvalue weighted by atomic mass is 10.1. The van der Waals surface area contributed by atoms with Crippen LogP contribution in [0.15, 0.2) is 15.8 Å². The Morgan fingerprint density at radius 3 is 3.18 bits per heavy atom. The van der Waals surface area contributed by atoms with Gasteiger partial charge in [-0.15, -0.1) is 5.10 Å². The van der Waals surface area contributed by atoms with Crippen LogP contribution in [-0.2, 0) is 0 Å². The van der Waals surface area contributed by atoms with Gasteiger partial charge in [-0.2, -0.15) is 0 Å². The summed E-state index contributed by atoms with van der Waals surface area (Å²) in [5.74, 6) is 0. The van der Waals surface area contributed by atoms with E-state index in [0.29, 0.717) is 0 Å². The summed E-state index contributed by atoms with van der Waals surface area (Å²) >= 11 is 0. The molecule has 0 aliphatic carbocycles. The Morgan fingerprint density at radius 2 is 2.55 bits per heavy atom. The maximum absolute atomic E-state index is 4.63. The van der Waals surface area contributed by atoms with Gasteiger partial charge in [0.2, 0.25) is 0 Å². The third kappa shape index (κ3) is 1.29. The second-order valence-electron chi connectivity index (χ2n) is 2.61. The van der Waals surface area contributed by atoms with Crippen molar-refractivity contribution in [3.8, 4) is 0 Å². The van der Waals surface area contributed by atoms with Crippen LogP contribution in [0.2, 0.25) is 0 Å². The van der Waals surface area contributed by atoms with E-state index >= 15 is 0 Å². The molecule has 4 heteroatoms. The molecule has 2 rings (SSSR count). The van der Waals surface area contributed by atoms with Crippen molar-refractivity contribution in [1.82, 2.24) is 10.4 Å². The zero-order chi connectivity index (χ0) is 7.52. The van der Waals surface area contributed by atoms with E-state index in [9.17, 15) is 0 Å². The van der Waals surface area contributed by atoms with Gasteiger partial charge in [-0.3, -0.25) is 4.99 Å². The topological polar surface area (TPSA) is 51.3 Å². The minimum absolute atomic E-state index is 0.190. The molecule has 1 atom stereocenters. The molecule has 1 aliphatic rings. The standard InChI is InChI=1S/C7H9N3O/c1-2-4-8-6(3-1)7-5-11-10-9-7/h4-6H,1-3H2. The maximum Gasteiger partial charge on any atom is 0.149 e. The van der Waals surface area contributed by atoms with Gasteiger partial charge >= 0.3 is 0 Å². The van der Waals surface area contributed by atoms with Crippen LogP contribution in [0, 0.1) is 0 Å². The number of rotatable bonds is 1. The molecule has 0 amide bonds. The first-order valence-corrected chi connectivity index (χ1v) is 3.75. The highest BCUT2D eigenvalue weighted by molar-refractivity contribution is 5.58. The average molecular weight is 151 g/mol. The third-order valence-electron chi connectivity index (χ3n) is 1.81. The SMILES string of the molecule is C1=NC(c2conn2)CCC1. The smallest absolute Gasteiger partial charge is 0.149 e. The van der Waals surface area contributed by atoms with Crippen LogP contribution < -0.4 is 0 Å². The van der Waals surface area contributed by atoms with Gasteiger partial charge in [0, 0.05) is 5.27 Å². The van der Waals surface area contributed by atoms with Crippen LogP contribution in [-0.4, -0.2) is 16.6 Å². The van der Waals surface area contributed by atoms with Crippen molar-refractivity contribution < 1.29 is 4.52 Å². The molecule has 1 aromatic rings. The largest absolute Gasteiger partial charge is 0.345 e. The monoisotopic (exact) mass is 151 g/mol. The van der Waals surface area contributed by atoms with Gasteiger partial charge < -0.3 is 4.52 Å². The maximum atomic E-state index is 4.63. The van der Waals surface area contributed by atoms with E-state index in [0.717, 1.165) is 18.5 Å². The van der Waals surface area contributed by atoms with Crippen LogP contribution >= 0.6 is 0 Å². The van der Waals surface area contributed by atoms with E-state index in [2.05, 4.69) is 19.9 Å². The van der Waals surface area contributed by atoms with Crippen LogP contribution in [0.5, 0.6) is 0 Å². The predicted molar refractivity (Wildman–Crippen MR) is 39.4 cm³/mol. The van der Waals surface area contributed by atoms with E-state index in [1.807, 2.05) is 6.21 Å². The minimum atomic E-state index is 0.190. The predicted octanol–water partition coefficient (Wildman–Crippen LogP) is 1.37. The fourth-order valence-corrected chi connectivity index (χ4v) is 1.22. The lowest BCUT2D eigenvalue weighted by Gasteiger charge is -2.11. The Kier molecular flexibility index (Phi) is 1.67. The molecule has 0 aromatic carbocycles. The van der Waals surface area contributed by atoms with E-state index < -0.39 is 0 Å². The molecule has 0 fully saturated rings. The highest BCUT2D eigenvalue weighted by Crippen LogP contribution is 2.23. The first kappa shape index (κ1) is 6.52. The molecular weight excluding hydrogens is 142 g/mol. The van der Waals surface area contributed by atoms with Crippen LogP contribution in [0.1, 0.15) is 31.0 Å². The number of aliphatic imine (C=N–C) groups is 1. The second kappa shape index (κ2) is 2.82. The Labute approximate surface area is 64.3 Å². The van der Waals surface area contributed by atoms with Crippen LogP contribution in [0.25, 0.3) is 0 Å². The van der Waals surface area contributed by atoms with Crippen LogP contribution in [0.4, 0.5) is 0 Å². The van der Waals surface area contributed by atoms with E-state index in [4.69, 9.17) is 0 Å². The fraction of sp³-hybridized carbons (Fsp3) is 0.571. The first-order chi connectivity index (χ1) is 5.47. The van der Waals surface area contributed by atoms with Gasteiger partial charge in [0.15, 0.2) is 0 Å². The number of hydrogen-bond acceptors (Lipinski definition) is 4. The quantitative estimate of drug-likeness (QED) is 0.609. The minimum Gasteiger partial charge on any atom is -0.345 e. The Bertz CT molecular complexity index is 242. The molecule has 1 unspecified atom stereocenters. The number of nitrogens with zero attached hydrogens (tertiary/aromatic N) is 3. The van der Waals surface area contributed by atoms with Gasteiger partial charge in [-0.1, -0.05) is 0 Å². The molecule has 11 heavy (non-hydrogen) atoms. The Hall–Kier alpha value is -1.19. The molecule has 0 bridgehead atoms. The van der Waals surface area contributed by atoms with Crippen molar-refractivity contribution in [2.24, 2.45) is 4.99 Å². The zero-order valence-electron chi connectivity index (χ0n) is 6.10. The van der Waals surface area contributed by atoms with E-state index in [1.165, 1.54) is 6.42 Å². The Balaban J connectivity index is 2.16. The number of hydrogen-bond donors (Lipinski definition) is 0. The summed E-state index contributed by atoms with van der Waals surface area (Å²) in [5, 5.41) is 7.21. The van der Waals surface area contributed by atoms with Gasteiger partial charge in [0.25, 0.3) is 0 Å². The molecule has 2 heterocycles. The molecule has 1 aliphatic heterocycles. The zero-order valence-corrected chi connectivity index (χ0v) is 6.10. The lowest BCUT2D eigenvalue weighted by Crippen LogP contribution is -2.01. The van der Waals surface area contributed by atoms with Gasteiger partial charge in [-0.25, -0.2) is 0 Å². The lowest BCUT2D eigenvalue weighted by molar-refractivity contribution is 0.392. The molecule has 4 nitrogen and oxygen atoms in total. The second-order valence-corrected chi connectivity index (χ2v) is 2.61. The molecule has 0 N–H and O–H groups in total. The Morgan fingerprint density at radius 1 is 1.55 bits per heavy atom. The molecule has 0 saturated heterocycles. The van der Waals surface area contributed by atoms with Gasteiger partial charge in [0.1, 0.15) is 12.0 Å². The highest BCUT2D eigenvalue weighted by Gasteiger charge is 2.14. The first-order valence-electron chi connectivity index (χ1n) is 3.75. The van der Waals surface area contributed by atoms with Gasteiger partial charge in [-0.05, 0) is 25.5 Å². The average Bonchev–Trinajstić information content (AvgIpc) is 2.58.